The number of rotatable bonds is 2. The second-order valence-electron chi connectivity index (χ2n) is 6.18. The summed E-state index contributed by atoms with van der Waals surface area (Å²) >= 11 is 3.52. The van der Waals surface area contributed by atoms with Crippen molar-refractivity contribution in [3.05, 3.63) is 34.3 Å². The normalized spacial score (nSPS) is 15.3. The third kappa shape index (κ3) is 5.02. The average molecular weight is 368 g/mol. The summed E-state index contributed by atoms with van der Waals surface area (Å²) in [5.74, 6) is 0.813. The Morgan fingerprint density at radius 1 is 1.41 bits per heavy atom. The van der Waals surface area contributed by atoms with Gasteiger partial charge in [0.15, 0.2) is 0 Å². The fourth-order valence-electron chi connectivity index (χ4n) is 2.05. The SMILES string of the molecule is CC(C)(C)OC(=O)N1CCN=C(NCc2ccccc2Br)C1. The maximum absolute atomic E-state index is 12.1. The van der Waals surface area contributed by atoms with Gasteiger partial charge in [0.25, 0.3) is 0 Å². The highest BCUT2D eigenvalue weighted by Gasteiger charge is 2.24. The molecular weight excluding hydrogens is 346 g/mol. The molecular formula is C16H22BrN3O2. The van der Waals surface area contributed by atoms with E-state index in [0.29, 0.717) is 26.2 Å². The molecule has 0 bridgehead atoms. The number of amidine groups is 1. The van der Waals surface area contributed by atoms with Crippen molar-refractivity contribution < 1.29 is 9.53 Å². The van der Waals surface area contributed by atoms with Crippen LogP contribution in [-0.2, 0) is 11.3 Å². The Hall–Kier alpha value is -1.56. The van der Waals surface area contributed by atoms with E-state index in [1.54, 1.807) is 4.90 Å². The Balaban J connectivity index is 1.90. The van der Waals surface area contributed by atoms with Crippen LogP contribution in [0.1, 0.15) is 26.3 Å². The van der Waals surface area contributed by atoms with E-state index < -0.39 is 5.60 Å². The molecule has 2 rings (SSSR count). The summed E-state index contributed by atoms with van der Waals surface area (Å²) in [6, 6.07) is 8.03. The van der Waals surface area contributed by atoms with E-state index >= 15 is 0 Å². The topological polar surface area (TPSA) is 53.9 Å². The molecule has 120 valence electrons. The van der Waals surface area contributed by atoms with E-state index in [9.17, 15) is 4.79 Å². The molecule has 0 spiro atoms. The zero-order valence-corrected chi connectivity index (χ0v) is 14.8. The maximum Gasteiger partial charge on any atom is 0.410 e. The van der Waals surface area contributed by atoms with Crippen molar-refractivity contribution in [2.24, 2.45) is 4.99 Å². The third-order valence-electron chi connectivity index (χ3n) is 3.11. The molecule has 0 fully saturated rings. The van der Waals surface area contributed by atoms with Gasteiger partial charge < -0.3 is 10.1 Å². The van der Waals surface area contributed by atoms with E-state index in [-0.39, 0.29) is 6.09 Å². The highest BCUT2D eigenvalue weighted by molar-refractivity contribution is 9.10. The number of nitrogens with zero attached hydrogens (tertiary/aromatic N) is 2. The molecule has 1 aromatic rings. The molecule has 0 aliphatic carbocycles. The van der Waals surface area contributed by atoms with Crippen molar-refractivity contribution in [2.45, 2.75) is 32.9 Å². The largest absolute Gasteiger partial charge is 0.444 e. The van der Waals surface area contributed by atoms with E-state index in [1.165, 1.54) is 0 Å². The van der Waals surface area contributed by atoms with Gasteiger partial charge in [0.2, 0.25) is 0 Å². The number of carbonyl (C=O) groups excluding carboxylic acids is 1. The number of hydrogen-bond donors (Lipinski definition) is 1. The number of nitrogens with one attached hydrogen (secondary N) is 1. The van der Waals surface area contributed by atoms with Gasteiger partial charge in [0, 0.05) is 17.6 Å². The van der Waals surface area contributed by atoms with Gasteiger partial charge in [-0.2, -0.15) is 0 Å². The van der Waals surface area contributed by atoms with Gasteiger partial charge in [-0.05, 0) is 32.4 Å². The summed E-state index contributed by atoms with van der Waals surface area (Å²) in [5.41, 5.74) is 0.674. The van der Waals surface area contributed by atoms with Gasteiger partial charge in [-0.25, -0.2) is 4.79 Å². The lowest BCUT2D eigenvalue weighted by molar-refractivity contribution is 0.0276. The summed E-state index contributed by atoms with van der Waals surface area (Å²) in [5, 5.41) is 3.30. The summed E-state index contributed by atoms with van der Waals surface area (Å²) in [7, 11) is 0. The van der Waals surface area contributed by atoms with E-state index in [4.69, 9.17) is 4.74 Å². The zero-order valence-electron chi connectivity index (χ0n) is 13.2. The Morgan fingerprint density at radius 3 is 2.82 bits per heavy atom. The first kappa shape index (κ1) is 16.8. The van der Waals surface area contributed by atoms with Crippen LogP contribution >= 0.6 is 15.9 Å². The standard InChI is InChI=1S/C16H22BrN3O2/c1-16(2,3)22-15(21)20-9-8-18-14(11-20)19-10-12-6-4-5-7-13(12)17/h4-7H,8-11H2,1-3H3,(H,18,19). The summed E-state index contributed by atoms with van der Waals surface area (Å²) in [6.07, 6.45) is -0.289. The molecule has 1 N–H and O–H groups in total. The number of hydrogen-bond acceptors (Lipinski definition) is 4. The van der Waals surface area contributed by atoms with Crippen molar-refractivity contribution in [3.63, 3.8) is 0 Å². The van der Waals surface area contributed by atoms with Crippen LogP contribution in [0.3, 0.4) is 0 Å². The number of ether oxygens (including phenoxy) is 1. The summed E-state index contributed by atoms with van der Waals surface area (Å²) in [6.45, 7) is 7.92. The van der Waals surface area contributed by atoms with Crippen molar-refractivity contribution in [2.75, 3.05) is 19.6 Å². The Morgan fingerprint density at radius 2 is 2.14 bits per heavy atom. The molecule has 0 atom stereocenters. The van der Waals surface area contributed by atoms with Crippen molar-refractivity contribution >= 4 is 27.9 Å². The van der Waals surface area contributed by atoms with E-state index in [0.717, 1.165) is 15.9 Å². The minimum Gasteiger partial charge on any atom is -0.444 e. The van der Waals surface area contributed by atoms with Crippen molar-refractivity contribution in [1.82, 2.24) is 10.2 Å². The van der Waals surface area contributed by atoms with Gasteiger partial charge in [0.05, 0.1) is 13.1 Å². The molecule has 22 heavy (non-hydrogen) atoms. The first-order valence-electron chi connectivity index (χ1n) is 7.34. The second-order valence-corrected chi connectivity index (χ2v) is 7.03. The van der Waals surface area contributed by atoms with E-state index in [1.807, 2.05) is 45.0 Å². The molecule has 0 unspecified atom stereocenters. The highest BCUT2D eigenvalue weighted by atomic mass is 79.9. The van der Waals surface area contributed by atoms with Crippen LogP contribution in [0.4, 0.5) is 4.79 Å². The van der Waals surface area contributed by atoms with Gasteiger partial charge in [-0.15, -0.1) is 0 Å². The van der Waals surface area contributed by atoms with Crippen LogP contribution < -0.4 is 5.32 Å². The molecule has 6 heteroatoms. The second kappa shape index (κ2) is 7.13. The minimum absolute atomic E-state index is 0.289. The predicted octanol–water partition coefficient (Wildman–Crippen LogP) is 3.19. The van der Waals surface area contributed by atoms with Crippen LogP contribution in [0.5, 0.6) is 0 Å². The fourth-order valence-corrected chi connectivity index (χ4v) is 2.47. The minimum atomic E-state index is -0.478. The fraction of sp³-hybridized carbons (Fsp3) is 0.500. The number of aliphatic imine (C=N–C) groups is 1. The van der Waals surface area contributed by atoms with Gasteiger partial charge in [0.1, 0.15) is 11.4 Å². The molecule has 1 aliphatic heterocycles. The monoisotopic (exact) mass is 367 g/mol. The summed E-state index contributed by atoms with van der Waals surface area (Å²) < 4.78 is 6.46. The van der Waals surface area contributed by atoms with Crippen molar-refractivity contribution in [3.8, 4) is 0 Å². The number of benzene rings is 1. The number of halogens is 1. The van der Waals surface area contributed by atoms with Gasteiger partial charge in [-0.1, -0.05) is 34.1 Å². The number of carbonyl (C=O) groups is 1. The summed E-state index contributed by atoms with van der Waals surface area (Å²) in [4.78, 5) is 18.2. The first-order valence-corrected chi connectivity index (χ1v) is 8.13. The molecule has 1 amide bonds. The lowest BCUT2D eigenvalue weighted by Crippen LogP contribution is -2.47. The average Bonchev–Trinajstić information content (AvgIpc) is 2.45. The van der Waals surface area contributed by atoms with Crippen molar-refractivity contribution in [1.29, 1.82) is 0 Å². The molecule has 0 aromatic heterocycles. The van der Waals surface area contributed by atoms with Crippen LogP contribution in [0, 0.1) is 0 Å². The van der Waals surface area contributed by atoms with Gasteiger partial charge in [-0.3, -0.25) is 9.89 Å². The molecule has 0 radical (unpaired) electrons. The van der Waals surface area contributed by atoms with Crippen LogP contribution in [0.15, 0.2) is 33.7 Å². The van der Waals surface area contributed by atoms with Gasteiger partial charge >= 0.3 is 6.09 Å². The zero-order chi connectivity index (χ0) is 16.2. The predicted molar refractivity (Wildman–Crippen MR) is 91.1 cm³/mol. The number of amides is 1. The smallest absolute Gasteiger partial charge is 0.410 e. The Bertz CT molecular complexity index is 567. The molecule has 0 saturated carbocycles. The molecule has 1 aromatic carbocycles. The maximum atomic E-state index is 12.1. The van der Waals surface area contributed by atoms with Crippen LogP contribution in [0.2, 0.25) is 0 Å². The lowest BCUT2D eigenvalue weighted by atomic mass is 10.2. The van der Waals surface area contributed by atoms with Crippen LogP contribution in [0.25, 0.3) is 0 Å². The molecule has 5 nitrogen and oxygen atoms in total. The van der Waals surface area contributed by atoms with Crippen LogP contribution in [-0.4, -0.2) is 42.1 Å². The van der Waals surface area contributed by atoms with E-state index in [2.05, 4.69) is 26.2 Å². The lowest BCUT2D eigenvalue weighted by Gasteiger charge is -2.30. The molecule has 1 aliphatic rings. The molecule has 1 heterocycles. The first-order chi connectivity index (χ1) is 10.3. The molecule has 0 saturated heterocycles. The third-order valence-corrected chi connectivity index (χ3v) is 3.88. The quantitative estimate of drug-likeness (QED) is 0.872. The Kier molecular flexibility index (Phi) is 5.45. The highest BCUT2D eigenvalue weighted by Crippen LogP contribution is 2.15. The Labute approximate surface area is 139 Å².